The van der Waals surface area contributed by atoms with Gasteiger partial charge in [-0.1, -0.05) is 36.4 Å². The first-order chi connectivity index (χ1) is 13.0. The number of benzene rings is 2. The van der Waals surface area contributed by atoms with Crippen LogP contribution in [0, 0.1) is 5.92 Å². The smallest absolute Gasteiger partial charge is 0.282 e. The molecule has 0 bridgehead atoms. The van der Waals surface area contributed by atoms with Crippen LogP contribution in [0.15, 0.2) is 65.8 Å². The third kappa shape index (κ3) is 3.82. The molecule has 0 unspecified atom stereocenters. The quantitative estimate of drug-likeness (QED) is 0.315. The topological polar surface area (TPSA) is 117 Å². The van der Waals surface area contributed by atoms with Crippen LogP contribution >= 0.6 is 12.2 Å². The van der Waals surface area contributed by atoms with Crippen LogP contribution < -0.4 is 21.4 Å². The molecule has 136 valence electrons. The number of nitrogens with one attached hydrogen (secondary N) is 2. The van der Waals surface area contributed by atoms with Crippen LogP contribution in [0.5, 0.6) is 0 Å². The molecule has 0 spiro atoms. The van der Waals surface area contributed by atoms with Crippen LogP contribution in [0.4, 0.5) is 11.4 Å². The number of hydrogen-bond donors (Lipinski definition) is 3. The minimum atomic E-state index is -1.43. The predicted molar refractivity (Wildman–Crippen MR) is 105 cm³/mol. The molecular weight excluding hydrogens is 366 g/mol. The standard InChI is InChI=1S/C18H15N5O3S/c19-18(27)22-21-14-13(15(24)20-11-7-3-1-4-8-11)16(25)23(17(14)26)12-9-5-2-6-10-12/h1-10,13H,(H,20,24)(H3,19,22,27)/b21-14+/t13-/m1/s1. The number of nitrogens with zero attached hydrogens (tertiary/aromatic N) is 2. The van der Waals surface area contributed by atoms with Gasteiger partial charge in [0.05, 0.1) is 5.69 Å². The van der Waals surface area contributed by atoms with Crippen LogP contribution in [-0.4, -0.2) is 28.5 Å². The average Bonchev–Trinajstić information content (AvgIpc) is 2.91. The van der Waals surface area contributed by atoms with E-state index in [1.165, 1.54) is 0 Å². The summed E-state index contributed by atoms with van der Waals surface area (Å²) in [6.45, 7) is 0. The molecule has 1 aliphatic heterocycles. The Bertz CT molecular complexity index is 931. The highest BCUT2D eigenvalue weighted by atomic mass is 32.1. The molecule has 1 heterocycles. The van der Waals surface area contributed by atoms with Gasteiger partial charge in [0.1, 0.15) is 5.71 Å². The summed E-state index contributed by atoms with van der Waals surface area (Å²) in [5, 5.41) is 6.22. The highest BCUT2D eigenvalue weighted by molar-refractivity contribution is 7.80. The van der Waals surface area contributed by atoms with Gasteiger partial charge in [-0.2, -0.15) is 5.10 Å². The zero-order valence-corrected chi connectivity index (χ0v) is 14.8. The third-order valence-corrected chi connectivity index (χ3v) is 3.86. The Balaban J connectivity index is 1.96. The van der Waals surface area contributed by atoms with Gasteiger partial charge in [0, 0.05) is 5.69 Å². The van der Waals surface area contributed by atoms with Crippen molar-refractivity contribution in [3.63, 3.8) is 0 Å². The second-order valence-corrected chi connectivity index (χ2v) is 6.02. The number of thiocarbonyl (C=S) groups is 1. The lowest BCUT2D eigenvalue weighted by molar-refractivity contribution is -0.127. The maximum Gasteiger partial charge on any atom is 0.282 e. The monoisotopic (exact) mass is 381 g/mol. The number of para-hydroxylation sites is 2. The van der Waals surface area contributed by atoms with Crippen LogP contribution in [0.1, 0.15) is 0 Å². The summed E-state index contributed by atoms with van der Waals surface area (Å²) in [7, 11) is 0. The van der Waals surface area contributed by atoms with Crippen molar-refractivity contribution in [3.05, 3.63) is 60.7 Å². The molecule has 2 aromatic rings. The first-order valence-corrected chi connectivity index (χ1v) is 8.32. The summed E-state index contributed by atoms with van der Waals surface area (Å²) >= 11 is 4.68. The van der Waals surface area contributed by atoms with Gasteiger partial charge in [0.15, 0.2) is 11.0 Å². The second-order valence-electron chi connectivity index (χ2n) is 5.58. The number of amides is 3. The van der Waals surface area contributed by atoms with Gasteiger partial charge in [-0.15, -0.1) is 0 Å². The molecule has 0 radical (unpaired) electrons. The summed E-state index contributed by atoms with van der Waals surface area (Å²) in [5.41, 5.74) is 8.16. The number of anilines is 2. The molecule has 4 N–H and O–H groups in total. The van der Waals surface area contributed by atoms with Crippen molar-refractivity contribution in [2.45, 2.75) is 0 Å². The van der Waals surface area contributed by atoms with Gasteiger partial charge < -0.3 is 11.1 Å². The average molecular weight is 381 g/mol. The predicted octanol–water partition coefficient (Wildman–Crippen LogP) is 1.00. The SMILES string of the molecule is NC(=S)N/N=C1/C(=O)N(c2ccccc2)C(=O)[C@H]1C(=O)Nc1ccccc1. The van der Waals surface area contributed by atoms with Crippen LogP contribution in [-0.2, 0) is 14.4 Å². The molecule has 1 aliphatic rings. The van der Waals surface area contributed by atoms with Gasteiger partial charge in [-0.05, 0) is 36.5 Å². The molecule has 3 rings (SSSR count). The Morgan fingerprint density at radius 2 is 1.63 bits per heavy atom. The molecule has 0 aliphatic carbocycles. The Labute approximate surface area is 160 Å². The van der Waals surface area contributed by atoms with Crippen molar-refractivity contribution < 1.29 is 14.4 Å². The van der Waals surface area contributed by atoms with E-state index in [0.29, 0.717) is 11.4 Å². The van der Waals surface area contributed by atoms with Crippen molar-refractivity contribution in [1.29, 1.82) is 0 Å². The van der Waals surface area contributed by atoms with Crippen molar-refractivity contribution >= 4 is 52.1 Å². The molecule has 3 amide bonds. The number of carbonyl (C=O) groups is 3. The molecule has 1 atom stereocenters. The summed E-state index contributed by atoms with van der Waals surface area (Å²) in [5.74, 6) is -3.53. The number of rotatable bonds is 4. The highest BCUT2D eigenvalue weighted by Gasteiger charge is 2.50. The molecule has 1 saturated heterocycles. The first-order valence-electron chi connectivity index (χ1n) is 7.91. The van der Waals surface area contributed by atoms with Gasteiger partial charge in [0.2, 0.25) is 5.91 Å². The maximum atomic E-state index is 12.9. The summed E-state index contributed by atoms with van der Waals surface area (Å²) < 4.78 is 0. The lowest BCUT2D eigenvalue weighted by atomic mass is 10.1. The van der Waals surface area contributed by atoms with E-state index in [1.54, 1.807) is 60.7 Å². The number of carbonyl (C=O) groups excluding carboxylic acids is 3. The van der Waals surface area contributed by atoms with Crippen LogP contribution in [0.2, 0.25) is 0 Å². The van der Waals surface area contributed by atoms with Crippen molar-refractivity contribution in [2.75, 3.05) is 10.2 Å². The molecule has 27 heavy (non-hydrogen) atoms. The van der Waals surface area contributed by atoms with E-state index in [-0.39, 0.29) is 10.8 Å². The normalized spacial score (nSPS) is 17.9. The number of imide groups is 1. The first kappa shape index (κ1) is 18.2. The van der Waals surface area contributed by atoms with Crippen molar-refractivity contribution in [2.24, 2.45) is 16.8 Å². The second kappa shape index (κ2) is 7.75. The van der Waals surface area contributed by atoms with Crippen molar-refractivity contribution in [3.8, 4) is 0 Å². The Morgan fingerprint density at radius 3 is 2.22 bits per heavy atom. The van der Waals surface area contributed by atoms with Crippen LogP contribution in [0.3, 0.4) is 0 Å². The van der Waals surface area contributed by atoms with E-state index in [4.69, 9.17) is 5.73 Å². The fraction of sp³-hybridized carbons (Fsp3) is 0.0556. The number of hydrazone groups is 1. The molecule has 9 heteroatoms. The van der Waals surface area contributed by atoms with Gasteiger partial charge in [-0.25, -0.2) is 4.90 Å². The molecule has 8 nitrogen and oxygen atoms in total. The van der Waals surface area contributed by atoms with Crippen LogP contribution in [0.25, 0.3) is 0 Å². The molecule has 2 aromatic carbocycles. The molecule has 1 fully saturated rings. The van der Waals surface area contributed by atoms with Gasteiger partial charge >= 0.3 is 0 Å². The van der Waals surface area contributed by atoms with Gasteiger partial charge in [0.25, 0.3) is 11.8 Å². The zero-order valence-electron chi connectivity index (χ0n) is 14.0. The molecular formula is C18H15N5O3S. The summed E-state index contributed by atoms with van der Waals surface area (Å²) in [4.78, 5) is 39.3. The Kier molecular flexibility index (Phi) is 5.23. The number of nitrogens with two attached hydrogens (primary N) is 1. The van der Waals surface area contributed by atoms with E-state index in [2.05, 4.69) is 28.1 Å². The van der Waals surface area contributed by atoms with E-state index in [1.807, 2.05) is 0 Å². The molecule has 0 saturated carbocycles. The molecule has 0 aromatic heterocycles. The lowest BCUT2D eigenvalue weighted by Gasteiger charge is -2.13. The Hall–Kier alpha value is -3.59. The lowest BCUT2D eigenvalue weighted by Crippen LogP contribution is -2.35. The fourth-order valence-electron chi connectivity index (χ4n) is 2.61. The minimum absolute atomic E-state index is 0.192. The fourth-order valence-corrected chi connectivity index (χ4v) is 2.65. The summed E-state index contributed by atoms with van der Waals surface area (Å²) in [6, 6.07) is 16.9. The highest BCUT2D eigenvalue weighted by Crippen LogP contribution is 2.26. The Morgan fingerprint density at radius 1 is 1.04 bits per heavy atom. The van der Waals surface area contributed by atoms with E-state index >= 15 is 0 Å². The maximum absolute atomic E-state index is 12.9. The van der Waals surface area contributed by atoms with E-state index in [9.17, 15) is 14.4 Å². The summed E-state index contributed by atoms with van der Waals surface area (Å²) in [6.07, 6.45) is 0. The third-order valence-electron chi connectivity index (χ3n) is 3.77. The van der Waals surface area contributed by atoms with Crippen molar-refractivity contribution in [1.82, 2.24) is 5.43 Å². The van der Waals surface area contributed by atoms with E-state index < -0.39 is 23.6 Å². The van der Waals surface area contributed by atoms with Gasteiger partial charge in [-0.3, -0.25) is 19.8 Å². The van der Waals surface area contributed by atoms with E-state index in [0.717, 1.165) is 4.90 Å². The number of hydrogen-bond acceptors (Lipinski definition) is 5. The minimum Gasteiger partial charge on any atom is -0.375 e. The largest absolute Gasteiger partial charge is 0.375 e. The zero-order chi connectivity index (χ0) is 19.4.